The fourth-order valence-corrected chi connectivity index (χ4v) is 5.95. The van der Waals surface area contributed by atoms with E-state index in [4.69, 9.17) is 11.6 Å². The summed E-state index contributed by atoms with van der Waals surface area (Å²) in [7, 11) is 0. The number of carbonyl (C=O) groups is 1. The summed E-state index contributed by atoms with van der Waals surface area (Å²) >= 11 is 7.34. The number of hydrazone groups is 1. The number of anilines is 2. The van der Waals surface area contributed by atoms with E-state index in [1.54, 1.807) is 41.8 Å². The van der Waals surface area contributed by atoms with Crippen molar-refractivity contribution >= 4 is 63.3 Å². The Balaban J connectivity index is 1.74. The molecule has 0 radical (unpaired) electrons. The summed E-state index contributed by atoms with van der Waals surface area (Å²) in [6, 6.07) is 13.2. The highest BCUT2D eigenvalue weighted by molar-refractivity contribution is 7.08. The lowest BCUT2D eigenvalue weighted by Crippen LogP contribution is -2.37. The molecular formula is C28H25ClN4O2S. The Labute approximate surface area is 218 Å². The SMILES string of the molecule is C=CCn1c(=O)/c(=C2/C=Cc3cc(C)ccc3N2CC)s/c1=C1/C(=O)N(c2ccc(Cl)cc2)N=C1C. The molecule has 0 unspecified atom stereocenters. The Morgan fingerprint density at radius 2 is 1.83 bits per heavy atom. The van der Waals surface area contributed by atoms with Crippen molar-refractivity contribution in [2.75, 3.05) is 16.5 Å². The molecule has 2 aliphatic rings. The molecule has 0 N–H and O–H groups in total. The number of allylic oxidation sites excluding steroid dienone is 1. The Bertz CT molecular complexity index is 1640. The van der Waals surface area contributed by atoms with Crippen LogP contribution in [0.15, 0.2) is 71.1 Å². The third kappa shape index (κ3) is 3.94. The zero-order valence-electron chi connectivity index (χ0n) is 20.3. The normalized spacial score (nSPS) is 18.0. The molecule has 0 fully saturated rings. The number of amides is 1. The minimum absolute atomic E-state index is 0.151. The van der Waals surface area contributed by atoms with E-state index in [-0.39, 0.29) is 18.0 Å². The van der Waals surface area contributed by atoms with E-state index in [1.165, 1.54) is 21.9 Å². The number of carbonyl (C=O) groups excluding carboxylic acids is 1. The topological polar surface area (TPSA) is 57.9 Å². The van der Waals surface area contributed by atoms with E-state index in [9.17, 15) is 9.59 Å². The fourth-order valence-electron chi connectivity index (χ4n) is 4.54. The second kappa shape index (κ2) is 9.41. The summed E-state index contributed by atoms with van der Waals surface area (Å²) in [5, 5.41) is 6.44. The third-order valence-electron chi connectivity index (χ3n) is 6.23. The minimum atomic E-state index is -0.280. The van der Waals surface area contributed by atoms with Crippen LogP contribution < -0.4 is 24.7 Å². The monoisotopic (exact) mass is 516 g/mol. The molecule has 0 spiro atoms. The molecule has 0 aliphatic carbocycles. The van der Waals surface area contributed by atoms with Crippen LogP contribution in [-0.4, -0.2) is 22.7 Å². The number of rotatable bonds is 4. The number of hydrogen-bond acceptors (Lipinski definition) is 5. The molecule has 1 aromatic heterocycles. The van der Waals surface area contributed by atoms with Gasteiger partial charge in [0.2, 0.25) is 0 Å². The maximum atomic E-state index is 13.7. The Hall–Kier alpha value is -3.68. The molecule has 2 aliphatic heterocycles. The first-order chi connectivity index (χ1) is 17.3. The first-order valence-corrected chi connectivity index (χ1v) is 12.8. The van der Waals surface area contributed by atoms with Crippen molar-refractivity contribution in [2.24, 2.45) is 5.10 Å². The van der Waals surface area contributed by atoms with Gasteiger partial charge in [-0.3, -0.25) is 14.2 Å². The van der Waals surface area contributed by atoms with Gasteiger partial charge in [-0.05, 0) is 68.8 Å². The molecule has 182 valence electrons. The predicted molar refractivity (Wildman–Crippen MR) is 150 cm³/mol. The van der Waals surface area contributed by atoms with Crippen LogP contribution in [0, 0.1) is 6.92 Å². The van der Waals surface area contributed by atoms with Crippen molar-refractivity contribution in [1.82, 2.24) is 4.57 Å². The summed E-state index contributed by atoms with van der Waals surface area (Å²) in [6.45, 7) is 10.7. The van der Waals surface area contributed by atoms with Crippen LogP contribution in [0.4, 0.5) is 11.4 Å². The molecule has 5 rings (SSSR count). The molecule has 36 heavy (non-hydrogen) atoms. The highest BCUT2D eigenvalue weighted by Gasteiger charge is 2.31. The third-order valence-corrected chi connectivity index (χ3v) is 7.69. The standard InChI is InChI=1S/C28H25ClN4O2S/c1-5-15-32-27(35)25(23-14-8-19-16-17(3)7-13-22(19)31(23)6-2)36-28(32)24-18(4)30-33(26(24)34)21-11-9-20(29)10-12-21/h5,7-14,16H,1,6,15H2,2-4H3/b25-23+,28-24+. The molecule has 6 nitrogen and oxygen atoms in total. The predicted octanol–water partition coefficient (Wildman–Crippen LogP) is 4.29. The largest absolute Gasteiger partial charge is 0.340 e. The van der Waals surface area contributed by atoms with Gasteiger partial charge >= 0.3 is 0 Å². The average Bonchev–Trinajstić information content (AvgIpc) is 3.33. The summed E-state index contributed by atoms with van der Waals surface area (Å²) < 4.78 is 2.77. The summed E-state index contributed by atoms with van der Waals surface area (Å²) in [6.07, 6.45) is 5.70. The summed E-state index contributed by atoms with van der Waals surface area (Å²) in [4.78, 5) is 29.4. The number of aryl methyl sites for hydroxylation is 1. The molecule has 0 saturated carbocycles. The zero-order valence-corrected chi connectivity index (χ0v) is 21.9. The van der Waals surface area contributed by atoms with Gasteiger partial charge in [0.15, 0.2) is 0 Å². The molecule has 8 heteroatoms. The molecule has 0 bridgehead atoms. The van der Waals surface area contributed by atoms with Crippen molar-refractivity contribution in [1.29, 1.82) is 0 Å². The highest BCUT2D eigenvalue weighted by Crippen LogP contribution is 2.31. The number of halogens is 1. The van der Waals surface area contributed by atoms with Crippen LogP contribution in [0.3, 0.4) is 0 Å². The van der Waals surface area contributed by atoms with Crippen LogP contribution in [0.2, 0.25) is 5.02 Å². The van der Waals surface area contributed by atoms with Crippen molar-refractivity contribution in [3.05, 3.63) is 96.9 Å². The van der Waals surface area contributed by atoms with Crippen LogP contribution in [0.25, 0.3) is 17.3 Å². The lowest BCUT2D eigenvalue weighted by atomic mass is 10.0. The first kappa shape index (κ1) is 24.0. The number of benzene rings is 2. The van der Waals surface area contributed by atoms with Gasteiger partial charge in [-0.2, -0.15) is 10.1 Å². The van der Waals surface area contributed by atoms with Gasteiger partial charge in [0.05, 0.1) is 22.7 Å². The lowest BCUT2D eigenvalue weighted by Gasteiger charge is -2.29. The maximum absolute atomic E-state index is 13.7. The van der Waals surface area contributed by atoms with Crippen LogP contribution >= 0.6 is 22.9 Å². The van der Waals surface area contributed by atoms with Gasteiger partial charge in [0.1, 0.15) is 9.20 Å². The quantitative estimate of drug-likeness (QED) is 0.486. The van der Waals surface area contributed by atoms with Crippen LogP contribution in [0.1, 0.15) is 25.0 Å². The molecule has 0 atom stereocenters. The lowest BCUT2D eigenvalue weighted by molar-refractivity contribution is -0.112. The molecular weight excluding hydrogens is 492 g/mol. The van der Waals surface area contributed by atoms with Gasteiger partial charge in [0.25, 0.3) is 11.5 Å². The van der Waals surface area contributed by atoms with Crippen molar-refractivity contribution in [3.8, 4) is 0 Å². The van der Waals surface area contributed by atoms with Crippen LogP contribution in [0.5, 0.6) is 0 Å². The average molecular weight is 517 g/mol. The van der Waals surface area contributed by atoms with Crippen LogP contribution in [-0.2, 0) is 11.3 Å². The van der Waals surface area contributed by atoms with Crippen molar-refractivity contribution in [3.63, 3.8) is 0 Å². The molecule has 3 aromatic rings. The number of aromatic nitrogens is 1. The fraction of sp³-hybridized carbons (Fsp3) is 0.179. The van der Waals surface area contributed by atoms with Gasteiger partial charge in [-0.15, -0.1) is 17.9 Å². The smallest absolute Gasteiger partial charge is 0.283 e. The Morgan fingerprint density at radius 1 is 1.08 bits per heavy atom. The molecule has 0 saturated heterocycles. The highest BCUT2D eigenvalue weighted by atomic mass is 35.5. The van der Waals surface area contributed by atoms with Gasteiger partial charge < -0.3 is 4.90 Å². The number of fused-ring (bicyclic) bond motifs is 1. The van der Waals surface area contributed by atoms with E-state index >= 15 is 0 Å². The van der Waals surface area contributed by atoms with E-state index in [0.717, 1.165) is 16.9 Å². The second-order valence-corrected chi connectivity index (χ2v) is 10.1. The summed E-state index contributed by atoms with van der Waals surface area (Å²) in [5.74, 6) is -0.280. The van der Waals surface area contributed by atoms with Crippen molar-refractivity contribution < 1.29 is 4.79 Å². The molecule has 2 aromatic carbocycles. The zero-order chi connectivity index (χ0) is 25.6. The van der Waals surface area contributed by atoms with E-state index in [0.29, 0.717) is 37.7 Å². The van der Waals surface area contributed by atoms with Gasteiger partial charge in [-0.25, -0.2) is 0 Å². The van der Waals surface area contributed by atoms with Crippen molar-refractivity contribution in [2.45, 2.75) is 27.3 Å². The summed E-state index contributed by atoms with van der Waals surface area (Å²) in [5.41, 5.74) is 5.61. The van der Waals surface area contributed by atoms with Gasteiger partial charge in [0, 0.05) is 23.8 Å². The Morgan fingerprint density at radius 3 is 2.53 bits per heavy atom. The number of nitrogens with zero attached hydrogens (tertiary/aromatic N) is 4. The number of thiazole rings is 1. The molecule has 3 heterocycles. The first-order valence-electron chi connectivity index (χ1n) is 11.6. The van der Waals surface area contributed by atoms with E-state index < -0.39 is 0 Å². The van der Waals surface area contributed by atoms with Gasteiger partial charge in [-0.1, -0.05) is 35.4 Å². The van der Waals surface area contributed by atoms with E-state index in [2.05, 4.69) is 48.6 Å². The minimum Gasteiger partial charge on any atom is -0.340 e. The second-order valence-electron chi connectivity index (χ2n) is 8.62. The Kier molecular flexibility index (Phi) is 6.28. The number of likely N-dealkylation sites (N-methyl/N-ethyl adjacent to an activating group) is 1. The number of hydrogen-bond donors (Lipinski definition) is 0. The molecule has 1 amide bonds. The maximum Gasteiger partial charge on any atom is 0.283 e. The van der Waals surface area contributed by atoms with E-state index in [1.807, 2.05) is 12.2 Å².